The Morgan fingerprint density at radius 2 is 0.820 bits per heavy atom. The van der Waals surface area contributed by atoms with Gasteiger partial charge in [0.15, 0.2) is 5.84 Å². The van der Waals surface area contributed by atoms with Crippen molar-refractivity contribution in [3.05, 3.63) is 230 Å². The van der Waals surface area contributed by atoms with E-state index < -0.39 is 0 Å². The SMILES string of the molecule is CN1C(c2cccc(-c3cccc(-c4ccc(-c5cccnc5)cn4)c3)c2)=NC(c2cccc(-c3cccc(-c4ccc(-c5cccnc5)cn4)c3)c2)=NC1c1ccccc1. The van der Waals surface area contributed by atoms with E-state index in [1.807, 2.05) is 55.1 Å². The molecule has 1 aliphatic rings. The maximum Gasteiger partial charge on any atom is 0.159 e. The molecule has 1 atom stereocenters. The fourth-order valence-corrected chi connectivity index (χ4v) is 7.79. The summed E-state index contributed by atoms with van der Waals surface area (Å²) in [7, 11) is 2.07. The predicted octanol–water partition coefficient (Wildman–Crippen LogP) is 12.1. The van der Waals surface area contributed by atoms with E-state index in [1.54, 1.807) is 12.4 Å². The lowest BCUT2D eigenvalue weighted by Crippen LogP contribution is -2.35. The third-order valence-corrected chi connectivity index (χ3v) is 11.0. The molecule has 0 bridgehead atoms. The van der Waals surface area contributed by atoms with Crippen LogP contribution < -0.4 is 0 Å². The molecule has 0 amide bonds. The summed E-state index contributed by atoms with van der Waals surface area (Å²) in [4.78, 5) is 30.9. The van der Waals surface area contributed by atoms with Gasteiger partial charge >= 0.3 is 0 Å². The van der Waals surface area contributed by atoms with E-state index in [0.717, 1.165) is 89.5 Å². The Labute approximate surface area is 355 Å². The quantitative estimate of drug-likeness (QED) is 0.146. The molecule has 290 valence electrons. The topological polar surface area (TPSA) is 79.5 Å². The van der Waals surface area contributed by atoms with E-state index in [2.05, 4.69) is 168 Å². The van der Waals surface area contributed by atoms with Crippen LogP contribution in [0.3, 0.4) is 0 Å². The van der Waals surface area contributed by atoms with Crippen LogP contribution in [0.1, 0.15) is 22.9 Å². The maximum absolute atomic E-state index is 5.31. The summed E-state index contributed by atoms with van der Waals surface area (Å²) in [5.74, 6) is 1.53. The molecule has 0 fully saturated rings. The van der Waals surface area contributed by atoms with Crippen LogP contribution in [0.4, 0.5) is 0 Å². The van der Waals surface area contributed by atoms with Gasteiger partial charge in [-0.15, -0.1) is 0 Å². The average Bonchev–Trinajstić information content (AvgIpc) is 3.35. The second-order valence-corrected chi connectivity index (χ2v) is 15.0. The first kappa shape index (κ1) is 37.1. The lowest BCUT2D eigenvalue weighted by molar-refractivity contribution is 0.383. The second kappa shape index (κ2) is 16.6. The Hall–Kier alpha value is -8.16. The van der Waals surface area contributed by atoms with Gasteiger partial charge in [0, 0.05) is 88.7 Å². The Bertz CT molecular complexity index is 3020. The lowest BCUT2D eigenvalue weighted by Gasteiger charge is -2.32. The standard InChI is InChI=1S/C54H39N7/c1-61-53(37-11-3-2-4-12-37)59-52(44-19-7-15-40(31-44)38-13-5-17-42(29-38)50-25-23-48(35-57-50)46-21-9-27-55-33-46)60-54(61)45-20-8-16-41(32-45)39-14-6-18-43(30-39)51-26-24-49(36-58-51)47-22-10-28-56-34-47/h2-36,53H,1H3. The number of hydrogen-bond donors (Lipinski definition) is 0. The van der Waals surface area contributed by atoms with Crippen molar-refractivity contribution in [1.29, 1.82) is 0 Å². The van der Waals surface area contributed by atoms with E-state index in [9.17, 15) is 0 Å². The van der Waals surface area contributed by atoms with Crippen molar-refractivity contribution >= 4 is 11.7 Å². The smallest absolute Gasteiger partial charge is 0.159 e. The Morgan fingerprint density at radius 3 is 1.31 bits per heavy atom. The van der Waals surface area contributed by atoms with Crippen LogP contribution >= 0.6 is 0 Å². The molecule has 10 rings (SSSR count). The van der Waals surface area contributed by atoms with Gasteiger partial charge in [-0.1, -0.05) is 127 Å². The maximum atomic E-state index is 5.31. The number of benzene rings is 5. The van der Waals surface area contributed by atoms with Crippen molar-refractivity contribution in [2.24, 2.45) is 9.98 Å². The Morgan fingerprint density at radius 1 is 0.377 bits per heavy atom. The molecule has 4 aromatic heterocycles. The molecule has 0 saturated heterocycles. The summed E-state index contributed by atoms with van der Waals surface area (Å²) < 4.78 is 0. The highest BCUT2D eigenvalue weighted by atomic mass is 15.3. The molecule has 0 aliphatic carbocycles. The number of rotatable bonds is 9. The zero-order chi connectivity index (χ0) is 41.0. The van der Waals surface area contributed by atoms with Gasteiger partial charge in [-0.2, -0.15) is 0 Å². The normalized spacial score (nSPS) is 13.7. The number of aliphatic imine (C=N–C) groups is 2. The molecule has 61 heavy (non-hydrogen) atoms. The second-order valence-electron chi connectivity index (χ2n) is 15.0. The first-order valence-corrected chi connectivity index (χ1v) is 20.2. The van der Waals surface area contributed by atoms with Crippen LogP contribution in [-0.4, -0.2) is 43.6 Å². The Balaban J connectivity index is 0.968. The fraction of sp³-hybridized carbons (Fsp3) is 0.0370. The van der Waals surface area contributed by atoms with E-state index in [1.165, 1.54) is 0 Å². The van der Waals surface area contributed by atoms with E-state index in [0.29, 0.717) is 5.84 Å². The summed E-state index contributed by atoms with van der Waals surface area (Å²) in [5, 5.41) is 0. The van der Waals surface area contributed by atoms with E-state index in [4.69, 9.17) is 20.0 Å². The zero-order valence-corrected chi connectivity index (χ0v) is 33.4. The zero-order valence-electron chi connectivity index (χ0n) is 33.4. The van der Waals surface area contributed by atoms with Gasteiger partial charge in [-0.25, -0.2) is 9.98 Å². The van der Waals surface area contributed by atoms with Gasteiger partial charge in [0.2, 0.25) is 0 Å². The summed E-state index contributed by atoms with van der Waals surface area (Å²) in [5.41, 5.74) is 15.4. The average molecular weight is 786 g/mol. The van der Waals surface area contributed by atoms with Crippen LogP contribution in [0.25, 0.3) is 67.0 Å². The van der Waals surface area contributed by atoms with Crippen LogP contribution in [-0.2, 0) is 0 Å². The van der Waals surface area contributed by atoms with Crippen molar-refractivity contribution < 1.29 is 0 Å². The van der Waals surface area contributed by atoms with Gasteiger partial charge < -0.3 is 4.90 Å². The summed E-state index contributed by atoms with van der Waals surface area (Å²) >= 11 is 0. The van der Waals surface area contributed by atoms with Gasteiger partial charge in [-0.05, 0) is 76.3 Å². The summed E-state index contributed by atoms with van der Waals surface area (Å²) in [6.07, 6.45) is 10.8. The van der Waals surface area contributed by atoms with Crippen molar-refractivity contribution in [2.75, 3.05) is 7.05 Å². The van der Waals surface area contributed by atoms with Gasteiger partial charge in [0.05, 0.1) is 11.4 Å². The van der Waals surface area contributed by atoms with Crippen LogP contribution in [0.2, 0.25) is 0 Å². The number of nitrogens with zero attached hydrogens (tertiary/aromatic N) is 7. The highest BCUT2D eigenvalue weighted by Gasteiger charge is 2.27. The monoisotopic (exact) mass is 785 g/mol. The number of pyridine rings is 4. The third kappa shape index (κ3) is 7.88. The molecular formula is C54H39N7. The largest absolute Gasteiger partial charge is 0.333 e. The molecule has 0 radical (unpaired) electrons. The number of amidine groups is 2. The van der Waals surface area contributed by atoms with Gasteiger partial charge in [0.1, 0.15) is 12.0 Å². The van der Waals surface area contributed by atoms with Crippen molar-refractivity contribution in [2.45, 2.75) is 6.17 Å². The molecule has 0 spiro atoms. The minimum atomic E-state index is -0.274. The molecule has 9 aromatic rings. The van der Waals surface area contributed by atoms with Crippen LogP contribution in [0.15, 0.2) is 223 Å². The van der Waals surface area contributed by atoms with Crippen LogP contribution in [0, 0.1) is 0 Å². The first-order valence-electron chi connectivity index (χ1n) is 20.2. The molecule has 5 heterocycles. The van der Waals surface area contributed by atoms with Crippen molar-refractivity contribution in [3.8, 4) is 67.0 Å². The fourth-order valence-electron chi connectivity index (χ4n) is 7.79. The van der Waals surface area contributed by atoms with Gasteiger partial charge in [0.25, 0.3) is 0 Å². The van der Waals surface area contributed by atoms with Gasteiger partial charge in [-0.3, -0.25) is 19.9 Å². The van der Waals surface area contributed by atoms with Crippen molar-refractivity contribution in [3.63, 3.8) is 0 Å². The highest BCUT2D eigenvalue weighted by molar-refractivity contribution is 6.13. The predicted molar refractivity (Wildman–Crippen MR) is 247 cm³/mol. The first-order chi connectivity index (χ1) is 30.1. The molecule has 7 heteroatoms. The summed E-state index contributed by atoms with van der Waals surface area (Å²) in [6, 6.07) is 60.9. The lowest BCUT2D eigenvalue weighted by atomic mass is 9.98. The molecular weight excluding hydrogens is 747 g/mol. The molecule has 0 N–H and O–H groups in total. The van der Waals surface area contributed by atoms with E-state index in [-0.39, 0.29) is 6.17 Å². The highest BCUT2D eigenvalue weighted by Crippen LogP contribution is 2.33. The van der Waals surface area contributed by atoms with E-state index >= 15 is 0 Å². The van der Waals surface area contributed by atoms with Crippen LogP contribution in [0.5, 0.6) is 0 Å². The summed E-state index contributed by atoms with van der Waals surface area (Å²) in [6.45, 7) is 0. The number of hydrogen-bond acceptors (Lipinski definition) is 7. The molecule has 5 aromatic carbocycles. The molecule has 7 nitrogen and oxygen atoms in total. The molecule has 0 saturated carbocycles. The number of aromatic nitrogens is 4. The minimum absolute atomic E-state index is 0.274. The third-order valence-electron chi connectivity index (χ3n) is 11.0. The van der Waals surface area contributed by atoms with Crippen molar-refractivity contribution in [1.82, 2.24) is 24.8 Å². The Kier molecular flexibility index (Phi) is 10.1. The molecule has 1 unspecified atom stereocenters. The molecule has 1 aliphatic heterocycles. The minimum Gasteiger partial charge on any atom is -0.333 e.